The van der Waals surface area contributed by atoms with E-state index in [-0.39, 0.29) is 11.9 Å². The summed E-state index contributed by atoms with van der Waals surface area (Å²) in [7, 11) is 3.26. The Balaban J connectivity index is 2.69. The number of ether oxygens (including phenoxy) is 1. The van der Waals surface area contributed by atoms with Gasteiger partial charge in [0.2, 0.25) is 0 Å². The van der Waals surface area contributed by atoms with E-state index >= 15 is 0 Å². The first-order chi connectivity index (χ1) is 7.06. The van der Waals surface area contributed by atoms with Crippen molar-refractivity contribution in [3.63, 3.8) is 0 Å². The Morgan fingerprint density at radius 2 is 2.47 bits per heavy atom. The molecule has 1 amide bonds. The number of nitrogens with zero attached hydrogens (tertiary/aromatic N) is 2. The van der Waals surface area contributed by atoms with Crippen LogP contribution in [-0.2, 0) is 11.8 Å². The van der Waals surface area contributed by atoms with Crippen molar-refractivity contribution in [1.29, 1.82) is 0 Å². The Morgan fingerprint density at radius 3 is 2.93 bits per heavy atom. The number of nitrogen functional groups attached to an aromatic ring is 1. The lowest BCUT2D eigenvalue weighted by Crippen LogP contribution is -2.36. The number of aromatic nitrogens is 2. The van der Waals surface area contributed by atoms with E-state index in [4.69, 9.17) is 10.5 Å². The molecule has 3 N–H and O–H groups in total. The summed E-state index contributed by atoms with van der Waals surface area (Å²) in [5.41, 5.74) is 6.36. The third-order valence-corrected chi connectivity index (χ3v) is 1.98. The molecule has 1 aromatic heterocycles. The molecule has 1 rings (SSSR count). The highest BCUT2D eigenvalue weighted by Gasteiger charge is 2.16. The van der Waals surface area contributed by atoms with Gasteiger partial charge in [-0.15, -0.1) is 0 Å². The van der Waals surface area contributed by atoms with E-state index in [9.17, 15) is 4.79 Å². The third kappa shape index (κ3) is 2.69. The number of amides is 1. The number of carbonyl (C=O) groups is 1. The molecule has 0 saturated carbocycles. The molecule has 0 aromatic carbocycles. The van der Waals surface area contributed by atoms with Gasteiger partial charge in [-0.1, -0.05) is 0 Å². The lowest BCUT2D eigenvalue weighted by atomic mass is 10.3. The molecule has 1 aromatic rings. The highest BCUT2D eigenvalue weighted by molar-refractivity contribution is 5.97. The molecule has 0 fully saturated rings. The van der Waals surface area contributed by atoms with Crippen LogP contribution >= 0.6 is 0 Å². The van der Waals surface area contributed by atoms with Crippen LogP contribution in [-0.4, -0.2) is 35.4 Å². The Hall–Kier alpha value is -1.56. The third-order valence-electron chi connectivity index (χ3n) is 1.98. The summed E-state index contributed by atoms with van der Waals surface area (Å²) in [4.78, 5) is 11.7. The van der Waals surface area contributed by atoms with Crippen molar-refractivity contribution >= 4 is 11.6 Å². The van der Waals surface area contributed by atoms with Crippen molar-refractivity contribution in [2.24, 2.45) is 7.05 Å². The second kappa shape index (κ2) is 4.79. The van der Waals surface area contributed by atoms with E-state index < -0.39 is 0 Å². The van der Waals surface area contributed by atoms with Crippen molar-refractivity contribution in [2.45, 2.75) is 13.0 Å². The zero-order valence-corrected chi connectivity index (χ0v) is 9.15. The van der Waals surface area contributed by atoms with Gasteiger partial charge in [-0.3, -0.25) is 9.48 Å². The number of methoxy groups -OCH3 is 1. The van der Waals surface area contributed by atoms with Gasteiger partial charge in [0.1, 0.15) is 5.69 Å². The maximum atomic E-state index is 11.7. The number of anilines is 1. The lowest BCUT2D eigenvalue weighted by molar-refractivity contribution is 0.0897. The largest absolute Gasteiger partial charge is 0.396 e. The summed E-state index contributed by atoms with van der Waals surface area (Å²) in [6, 6.07) is -0.0585. The predicted octanol–water partition coefficient (Wildman–Crippen LogP) is -0.233. The molecule has 0 aliphatic carbocycles. The van der Waals surface area contributed by atoms with E-state index in [0.717, 1.165) is 0 Å². The molecule has 0 aliphatic rings. The van der Waals surface area contributed by atoms with Crippen LogP contribution in [0.25, 0.3) is 0 Å². The monoisotopic (exact) mass is 212 g/mol. The first-order valence-corrected chi connectivity index (χ1v) is 4.63. The zero-order valence-electron chi connectivity index (χ0n) is 9.15. The average molecular weight is 212 g/mol. The van der Waals surface area contributed by atoms with Gasteiger partial charge in [0.05, 0.1) is 18.5 Å². The van der Waals surface area contributed by atoms with Gasteiger partial charge >= 0.3 is 0 Å². The van der Waals surface area contributed by atoms with Crippen molar-refractivity contribution in [1.82, 2.24) is 15.1 Å². The number of nitrogens with one attached hydrogen (secondary N) is 1. The second-order valence-corrected chi connectivity index (χ2v) is 3.40. The molecule has 1 heterocycles. The minimum Gasteiger partial charge on any atom is -0.396 e. The van der Waals surface area contributed by atoms with Crippen LogP contribution < -0.4 is 11.1 Å². The molecule has 0 spiro atoms. The van der Waals surface area contributed by atoms with Crippen LogP contribution in [0.4, 0.5) is 5.69 Å². The Morgan fingerprint density at radius 1 is 1.80 bits per heavy atom. The Labute approximate surface area is 88.4 Å². The molecule has 0 radical (unpaired) electrons. The van der Waals surface area contributed by atoms with Gasteiger partial charge < -0.3 is 15.8 Å². The molecule has 0 saturated heterocycles. The van der Waals surface area contributed by atoms with Crippen molar-refractivity contribution in [3.05, 3.63) is 11.9 Å². The van der Waals surface area contributed by atoms with E-state index in [0.29, 0.717) is 18.0 Å². The van der Waals surface area contributed by atoms with Crippen molar-refractivity contribution in [2.75, 3.05) is 19.5 Å². The number of nitrogens with two attached hydrogens (primary N) is 1. The topological polar surface area (TPSA) is 82.2 Å². The van der Waals surface area contributed by atoms with Crippen LogP contribution in [0.15, 0.2) is 6.20 Å². The molecule has 1 atom stereocenters. The fraction of sp³-hybridized carbons (Fsp3) is 0.556. The highest BCUT2D eigenvalue weighted by atomic mass is 16.5. The van der Waals surface area contributed by atoms with Crippen LogP contribution in [0.3, 0.4) is 0 Å². The average Bonchev–Trinajstić information content (AvgIpc) is 2.46. The fourth-order valence-corrected chi connectivity index (χ4v) is 1.32. The molecule has 0 bridgehead atoms. The predicted molar refractivity (Wildman–Crippen MR) is 56.4 cm³/mol. The normalized spacial score (nSPS) is 12.5. The van der Waals surface area contributed by atoms with Gasteiger partial charge in [0, 0.05) is 20.2 Å². The smallest absolute Gasteiger partial charge is 0.271 e. The summed E-state index contributed by atoms with van der Waals surface area (Å²) in [6.45, 7) is 2.32. The first kappa shape index (κ1) is 11.5. The Kier molecular flexibility index (Phi) is 3.68. The molecular weight excluding hydrogens is 196 g/mol. The molecule has 84 valence electrons. The summed E-state index contributed by atoms with van der Waals surface area (Å²) in [5, 5.41) is 6.65. The van der Waals surface area contributed by atoms with Gasteiger partial charge in [0.25, 0.3) is 5.91 Å². The number of hydrogen-bond acceptors (Lipinski definition) is 4. The van der Waals surface area contributed by atoms with Crippen molar-refractivity contribution < 1.29 is 9.53 Å². The minimum atomic E-state index is -0.239. The van der Waals surface area contributed by atoms with Gasteiger partial charge in [0.15, 0.2) is 0 Å². The standard InChI is InChI=1S/C9H16N4O2/c1-6(5-15-3)12-9(14)8-7(10)4-11-13(8)2/h4,6H,5,10H2,1-3H3,(H,12,14). The van der Waals surface area contributed by atoms with Crippen LogP contribution in [0.1, 0.15) is 17.4 Å². The van der Waals surface area contributed by atoms with Gasteiger partial charge in [-0.25, -0.2) is 0 Å². The summed E-state index contributed by atoms with van der Waals surface area (Å²) >= 11 is 0. The van der Waals surface area contributed by atoms with Crippen molar-refractivity contribution in [3.8, 4) is 0 Å². The summed E-state index contributed by atoms with van der Waals surface area (Å²) < 4.78 is 6.36. The molecule has 0 aliphatic heterocycles. The molecule has 6 nitrogen and oxygen atoms in total. The van der Waals surface area contributed by atoms with E-state index in [2.05, 4.69) is 10.4 Å². The first-order valence-electron chi connectivity index (χ1n) is 4.63. The maximum Gasteiger partial charge on any atom is 0.271 e. The lowest BCUT2D eigenvalue weighted by Gasteiger charge is -2.12. The second-order valence-electron chi connectivity index (χ2n) is 3.40. The van der Waals surface area contributed by atoms with Crippen LogP contribution in [0, 0.1) is 0 Å². The quantitative estimate of drug-likeness (QED) is 0.722. The molecule has 1 unspecified atom stereocenters. The van der Waals surface area contributed by atoms with Gasteiger partial charge in [-0.2, -0.15) is 5.10 Å². The molecule has 6 heteroatoms. The fourth-order valence-electron chi connectivity index (χ4n) is 1.32. The number of hydrogen-bond donors (Lipinski definition) is 2. The highest BCUT2D eigenvalue weighted by Crippen LogP contribution is 2.08. The summed E-state index contributed by atoms with van der Waals surface area (Å²) in [5.74, 6) is -0.239. The zero-order chi connectivity index (χ0) is 11.4. The number of aryl methyl sites for hydroxylation is 1. The van der Waals surface area contributed by atoms with E-state index in [1.807, 2.05) is 6.92 Å². The molecular formula is C9H16N4O2. The minimum absolute atomic E-state index is 0.0585. The van der Waals surface area contributed by atoms with Crippen LogP contribution in [0.5, 0.6) is 0 Å². The van der Waals surface area contributed by atoms with Gasteiger partial charge in [-0.05, 0) is 6.92 Å². The molecule has 15 heavy (non-hydrogen) atoms. The summed E-state index contributed by atoms with van der Waals surface area (Å²) in [6.07, 6.45) is 1.45. The SMILES string of the molecule is COCC(C)NC(=O)c1c(N)cnn1C. The van der Waals surface area contributed by atoms with E-state index in [1.165, 1.54) is 10.9 Å². The van der Waals surface area contributed by atoms with Crippen LogP contribution in [0.2, 0.25) is 0 Å². The number of carbonyl (C=O) groups excluding carboxylic acids is 1. The van der Waals surface area contributed by atoms with E-state index in [1.54, 1.807) is 14.2 Å². The Bertz CT molecular complexity index is 328. The maximum absolute atomic E-state index is 11.7. The number of rotatable bonds is 4.